The molecule has 2 saturated heterocycles. The van der Waals surface area contributed by atoms with E-state index in [1.807, 2.05) is 53.9 Å². The molecule has 3 rings (SSSR count). The van der Waals surface area contributed by atoms with E-state index in [1.165, 1.54) is 0 Å². The van der Waals surface area contributed by atoms with Crippen molar-refractivity contribution in [1.29, 1.82) is 0 Å². The summed E-state index contributed by atoms with van der Waals surface area (Å²) in [6.07, 6.45) is 1.79. The Balaban J connectivity index is 1.70. The van der Waals surface area contributed by atoms with Crippen LogP contribution in [0, 0.1) is 0 Å². The Bertz CT molecular complexity index is 816. The summed E-state index contributed by atoms with van der Waals surface area (Å²) in [5, 5.41) is 3.19. The van der Waals surface area contributed by atoms with Crippen molar-refractivity contribution in [2.75, 3.05) is 31.3 Å². The molecule has 2 aliphatic heterocycles. The lowest BCUT2D eigenvalue weighted by Gasteiger charge is -2.29. The third-order valence-electron chi connectivity index (χ3n) is 5.90. The third-order valence-corrected chi connectivity index (χ3v) is 9.33. The maximum atomic E-state index is 13.5. The van der Waals surface area contributed by atoms with Gasteiger partial charge in [0, 0.05) is 24.5 Å². The number of hydrogen-bond donors (Lipinski definition) is 1. The van der Waals surface area contributed by atoms with Crippen molar-refractivity contribution in [3.8, 4) is 0 Å². The van der Waals surface area contributed by atoms with Crippen LogP contribution in [-0.4, -0.2) is 76.2 Å². The van der Waals surface area contributed by atoms with E-state index in [2.05, 4.69) is 5.32 Å². The van der Waals surface area contributed by atoms with Crippen molar-refractivity contribution >= 4 is 41.4 Å². The highest BCUT2D eigenvalue weighted by molar-refractivity contribution is 8.21. The van der Waals surface area contributed by atoms with E-state index in [-0.39, 0.29) is 35.1 Å². The number of amides is 1. The zero-order valence-electron chi connectivity index (χ0n) is 19.6. The minimum atomic E-state index is -0.640. The second-order valence-corrected chi connectivity index (χ2v) is 11.5. The highest BCUT2D eigenvalue weighted by Crippen LogP contribution is 2.52. The Morgan fingerprint density at radius 2 is 1.79 bits per heavy atom. The molecular weight excluding hydrogens is 460 g/mol. The van der Waals surface area contributed by atoms with Crippen molar-refractivity contribution in [3.05, 3.63) is 35.9 Å². The van der Waals surface area contributed by atoms with Gasteiger partial charge in [0.25, 0.3) is 0 Å². The van der Waals surface area contributed by atoms with Crippen LogP contribution in [0.2, 0.25) is 0 Å². The number of likely N-dealkylation sites (tertiary alicyclic amines) is 1. The largest absolute Gasteiger partial charge is 0.465 e. The topological polar surface area (TPSA) is 84.9 Å². The van der Waals surface area contributed by atoms with Gasteiger partial charge in [0.1, 0.15) is 12.1 Å². The first-order valence-corrected chi connectivity index (χ1v) is 13.6. The smallest absolute Gasteiger partial charge is 0.328 e. The van der Waals surface area contributed by atoms with Gasteiger partial charge in [-0.05, 0) is 39.2 Å². The van der Waals surface area contributed by atoms with Gasteiger partial charge in [-0.2, -0.15) is 0 Å². The van der Waals surface area contributed by atoms with E-state index in [0.717, 1.165) is 17.1 Å². The second-order valence-electron chi connectivity index (χ2n) is 8.26. The van der Waals surface area contributed by atoms with Gasteiger partial charge in [0.2, 0.25) is 5.91 Å². The molecular formula is C24H34N2O5S2. The zero-order chi connectivity index (χ0) is 23.8. The number of esters is 2. The highest BCUT2D eigenvalue weighted by atomic mass is 32.2. The van der Waals surface area contributed by atoms with Gasteiger partial charge >= 0.3 is 11.9 Å². The molecule has 33 heavy (non-hydrogen) atoms. The van der Waals surface area contributed by atoms with Crippen LogP contribution in [0.25, 0.3) is 0 Å². The van der Waals surface area contributed by atoms with Gasteiger partial charge in [-0.3, -0.25) is 14.9 Å². The fourth-order valence-electron chi connectivity index (χ4n) is 4.32. The summed E-state index contributed by atoms with van der Waals surface area (Å²) >= 11 is 3.64. The lowest BCUT2D eigenvalue weighted by atomic mass is 10.0. The van der Waals surface area contributed by atoms with Gasteiger partial charge in [0.15, 0.2) is 0 Å². The molecule has 0 aliphatic carbocycles. The molecule has 0 radical (unpaired) electrons. The Labute approximate surface area is 204 Å². The Morgan fingerprint density at radius 1 is 1.12 bits per heavy atom. The lowest BCUT2D eigenvalue weighted by molar-refractivity contribution is -0.154. The highest BCUT2D eigenvalue weighted by Gasteiger charge is 2.52. The van der Waals surface area contributed by atoms with Crippen LogP contribution in [0.3, 0.4) is 0 Å². The molecule has 2 fully saturated rings. The normalized spacial score (nSPS) is 21.1. The molecule has 7 nitrogen and oxygen atoms in total. The first-order valence-electron chi connectivity index (χ1n) is 11.6. The molecule has 0 aromatic heterocycles. The quantitative estimate of drug-likeness (QED) is 0.497. The van der Waals surface area contributed by atoms with Gasteiger partial charge in [0.05, 0.1) is 23.3 Å². The summed E-state index contributed by atoms with van der Waals surface area (Å²) in [5.74, 6) is 1.12. The summed E-state index contributed by atoms with van der Waals surface area (Å²) in [5.41, 5.74) is 1.12. The summed E-state index contributed by atoms with van der Waals surface area (Å²) in [7, 11) is 0. The number of thioether (sulfide) groups is 2. The SMILES string of the molecule is CCOC(=O)[C@H](CCc1ccccc1)N[C@@H](C)C(=O)N1CC2(C[C@H]1C(=O)OCC)SCCS2. The molecule has 0 saturated carbocycles. The molecule has 182 valence electrons. The van der Waals surface area contributed by atoms with Crippen molar-refractivity contribution < 1.29 is 23.9 Å². The molecule has 2 heterocycles. The van der Waals surface area contributed by atoms with Gasteiger partial charge < -0.3 is 14.4 Å². The van der Waals surface area contributed by atoms with E-state index < -0.39 is 18.1 Å². The summed E-state index contributed by atoms with van der Waals surface area (Å²) in [6, 6.07) is 8.07. The average Bonchev–Trinajstić information content (AvgIpc) is 3.44. The second kappa shape index (κ2) is 12.1. The minimum absolute atomic E-state index is 0.152. The molecule has 1 spiro atoms. The molecule has 2 aliphatic rings. The van der Waals surface area contributed by atoms with Crippen LogP contribution >= 0.6 is 23.5 Å². The molecule has 0 bridgehead atoms. The molecule has 9 heteroatoms. The van der Waals surface area contributed by atoms with Gasteiger partial charge in [-0.15, -0.1) is 23.5 Å². The van der Waals surface area contributed by atoms with Crippen LogP contribution in [0.15, 0.2) is 30.3 Å². The summed E-state index contributed by atoms with van der Waals surface area (Å²) < 4.78 is 10.4. The molecule has 1 aromatic carbocycles. The summed E-state index contributed by atoms with van der Waals surface area (Å²) in [6.45, 7) is 6.35. The van der Waals surface area contributed by atoms with E-state index in [9.17, 15) is 14.4 Å². The van der Waals surface area contributed by atoms with Crippen molar-refractivity contribution in [2.45, 2.75) is 62.2 Å². The standard InChI is InChI=1S/C24H34N2O5S2/c1-4-30-22(28)19(12-11-18-9-7-6-8-10-18)25-17(3)21(27)26-16-24(32-13-14-33-24)15-20(26)23(29)31-5-2/h6-10,17,19-20,25H,4-5,11-16H2,1-3H3/t17-,19-,20-/m0/s1. The number of benzene rings is 1. The van der Waals surface area contributed by atoms with Gasteiger partial charge in [-0.1, -0.05) is 30.3 Å². The number of ether oxygens (including phenoxy) is 2. The van der Waals surface area contributed by atoms with Crippen LogP contribution in [0.1, 0.15) is 39.2 Å². The fraction of sp³-hybridized carbons (Fsp3) is 0.625. The van der Waals surface area contributed by atoms with E-state index in [4.69, 9.17) is 9.47 Å². The number of carbonyl (C=O) groups excluding carboxylic acids is 3. The lowest BCUT2D eigenvalue weighted by Crippen LogP contribution is -2.53. The van der Waals surface area contributed by atoms with E-state index in [0.29, 0.717) is 25.8 Å². The van der Waals surface area contributed by atoms with Crippen molar-refractivity contribution in [1.82, 2.24) is 10.2 Å². The molecule has 1 aromatic rings. The van der Waals surface area contributed by atoms with Crippen LogP contribution < -0.4 is 5.32 Å². The predicted octanol–water partition coefficient (Wildman–Crippen LogP) is 2.87. The first kappa shape index (κ1) is 25.9. The Hall–Kier alpha value is -1.71. The molecule has 0 unspecified atom stereocenters. The maximum Gasteiger partial charge on any atom is 0.328 e. The van der Waals surface area contributed by atoms with Crippen LogP contribution in [-0.2, 0) is 30.3 Å². The third kappa shape index (κ3) is 6.67. The van der Waals surface area contributed by atoms with Crippen LogP contribution in [0.5, 0.6) is 0 Å². The molecule has 1 amide bonds. The maximum absolute atomic E-state index is 13.5. The van der Waals surface area contributed by atoms with E-state index >= 15 is 0 Å². The van der Waals surface area contributed by atoms with Crippen molar-refractivity contribution in [3.63, 3.8) is 0 Å². The summed E-state index contributed by atoms with van der Waals surface area (Å²) in [4.78, 5) is 40.4. The fourth-order valence-corrected chi connectivity index (χ4v) is 7.57. The minimum Gasteiger partial charge on any atom is -0.465 e. The molecule has 3 atom stereocenters. The predicted molar refractivity (Wildman–Crippen MR) is 132 cm³/mol. The number of nitrogens with zero attached hydrogens (tertiary/aromatic N) is 1. The zero-order valence-corrected chi connectivity index (χ0v) is 21.2. The average molecular weight is 495 g/mol. The van der Waals surface area contributed by atoms with Crippen molar-refractivity contribution in [2.24, 2.45) is 0 Å². The number of carbonyl (C=O) groups is 3. The number of nitrogens with one attached hydrogen (secondary N) is 1. The Kier molecular flexibility index (Phi) is 9.52. The first-order chi connectivity index (χ1) is 15.9. The Morgan fingerprint density at radius 3 is 2.42 bits per heavy atom. The van der Waals surface area contributed by atoms with Crippen LogP contribution in [0.4, 0.5) is 0 Å². The molecule has 1 N–H and O–H groups in total. The van der Waals surface area contributed by atoms with E-state index in [1.54, 1.807) is 25.7 Å². The number of hydrogen-bond acceptors (Lipinski definition) is 8. The van der Waals surface area contributed by atoms with Gasteiger partial charge in [-0.25, -0.2) is 4.79 Å². The monoisotopic (exact) mass is 494 g/mol. The number of aryl methyl sites for hydroxylation is 1. The number of rotatable bonds is 10.